The first-order chi connectivity index (χ1) is 7.95. The van der Waals surface area contributed by atoms with Gasteiger partial charge in [-0.05, 0) is 33.4 Å². The minimum atomic E-state index is -0.0700. The standard InChI is InChI=1S/C14H30N2O/c1-6-9-10-11-14(4,5)15-13(17)12-16(7-2)8-3/h6-12H2,1-5H3,(H,15,17). The second-order valence-corrected chi connectivity index (χ2v) is 5.35. The summed E-state index contributed by atoms with van der Waals surface area (Å²) in [7, 11) is 0. The van der Waals surface area contributed by atoms with Gasteiger partial charge >= 0.3 is 0 Å². The van der Waals surface area contributed by atoms with Crippen LogP contribution in [-0.4, -0.2) is 36.0 Å². The Hall–Kier alpha value is -0.570. The highest BCUT2D eigenvalue weighted by atomic mass is 16.2. The van der Waals surface area contributed by atoms with Crippen molar-refractivity contribution < 1.29 is 4.79 Å². The Bertz CT molecular complexity index is 210. The summed E-state index contributed by atoms with van der Waals surface area (Å²) in [6, 6.07) is 0. The molecule has 0 spiro atoms. The first kappa shape index (κ1) is 16.4. The van der Waals surface area contributed by atoms with E-state index in [0.29, 0.717) is 6.54 Å². The first-order valence-corrected chi connectivity index (χ1v) is 6.98. The third-order valence-corrected chi connectivity index (χ3v) is 3.14. The number of likely N-dealkylation sites (N-methyl/N-ethyl adjacent to an activating group) is 1. The molecule has 3 nitrogen and oxygen atoms in total. The first-order valence-electron chi connectivity index (χ1n) is 6.98. The molecule has 0 saturated heterocycles. The summed E-state index contributed by atoms with van der Waals surface area (Å²) in [5.74, 6) is 0.148. The van der Waals surface area contributed by atoms with E-state index in [1.54, 1.807) is 0 Å². The van der Waals surface area contributed by atoms with Gasteiger partial charge in [0.15, 0.2) is 0 Å². The average molecular weight is 242 g/mol. The van der Waals surface area contributed by atoms with Crippen molar-refractivity contribution in [1.82, 2.24) is 10.2 Å². The molecule has 0 aliphatic rings. The fourth-order valence-electron chi connectivity index (χ4n) is 1.95. The van der Waals surface area contributed by atoms with Crippen LogP contribution in [0.2, 0.25) is 0 Å². The fraction of sp³-hybridized carbons (Fsp3) is 0.929. The molecule has 0 aromatic carbocycles. The molecule has 0 heterocycles. The minimum absolute atomic E-state index is 0.0700. The third kappa shape index (κ3) is 8.19. The maximum atomic E-state index is 11.9. The second-order valence-electron chi connectivity index (χ2n) is 5.35. The number of amides is 1. The molecule has 102 valence electrons. The lowest BCUT2D eigenvalue weighted by atomic mass is 9.96. The molecular weight excluding hydrogens is 212 g/mol. The van der Waals surface area contributed by atoms with Gasteiger partial charge in [0.1, 0.15) is 0 Å². The van der Waals surface area contributed by atoms with Crippen molar-refractivity contribution in [2.24, 2.45) is 0 Å². The van der Waals surface area contributed by atoms with Gasteiger partial charge in [0.25, 0.3) is 0 Å². The number of unbranched alkanes of at least 4 members (excludes halogenated alkanes) is 2. The Kier molecular flexibility index (Phi) is 8.23. The molecule has 17 heavy (non-hydrogen) atoms. The summed E-state index contributed by atoms with van der Waals surface area (Å²) in [6.07, 6.45) is 4.72. The van der Waals surface area contributed by atoms with Crippen molar-refractivity contribution in [3.8, 4) is 0 Å². The van der Waals surface area contributed by atoms with Gasteiger partial charge in [0.2, 0.25) is 5.91 Å². The molecule has 0 saturated carbocycles. The van der Waals surface area contributed by atoms with Crippen LogP contribution >= 0.6 is 0 Å². The monoisotopic (exact) mass is 242 g/mol. The molecule has 1 amide bonds. The average Bonchev–Trinajstić information content (AvgIpc) is 2.25. The van der Waals surface area contributed by atoms with E-state index < -0.39 is 0 Å². The van der Waals surface area contributed by atoms with E-state index in [2.05, 4.69) is 44.8 Å². The number of hydrogen-bond donors (Lipinski definition) is 1. The Morgan fingerprint density at radius 2 is 1.71 bits per heavy atom. The van der Waals surface area contributed by atoms with Crippen molar-refractivity contribution in [3.05, 3.63) is 0 Å². The maximum absolute atomic E-state index is 11.9. The summed E-state index contributed by atoms with van der Waals surface area (Å²) in [4.78, 5) is 14.0. The normalized spacial score (nSPS) is 11.9. The lowest BCUT2D eigenvalue weighted by Crippen LogP contribution is -2.47. The lowest BCUT2D eigenvalue weighted by Gasteiger charge is -2.28. The van der Waals surface area contributed by atoms with Gasteiger partial charge in [-0.3, -0.25) is 9.69 Å². The number of nitrogens with one attached hydrogen (secondary N) is 1. The van der Waals surface area contributed by atoms with Gasteiger partial charge in [-0.15, -0.1) is 0 Å². The minimum Gasteiger partial charge on any atom is -0.350 e. The molecule has 0 aromatic rings. The number of carbonyl (C=O) groups excluding carboxylic acids is 1. The topological polar surface area (TPSA) is 32.3 Å². The lowest BCUT2D eigenvalue weighted by molar-refractivity contribution is -0.123. The van der Waals surface area contributed by atoms with Crippen molar-refractivity contribution >= 4 is 5.91 Å². The Balaban J connectivity index is 3.99. The molecule has 0 bridgehead atoms. The van der Waals surface area contributed by atoms with E-state index in [1.807, 2.05) is 0 Å². The molecule has 0 unspecified atom stereocenters. The predicted octanol–water partition coefficient (Wildman–Crippen LogP) is 2.80. The molecule has 3 heteroatoms. The number of hydrogen-bond acceptors (Lipinski definition) is 2. The van der Waals surface area contributed by atoms with Crippen molar-refractivity contribution in [2.45, 2.75) is 65.8 Å². The van der Waals surface area contributed by atoms with Crippen LogP contribution in [0.3, 0.4) is 0 Å². The zero-order valence-corrected chi connectivity index (χ0v) is 12.3. The van der Waals surface area contributed by atoms with Gasteiger partial charge in [0.05, 0.1) is 6.54 Å². The molecular formula is C14H30N2O. The predicted molar refractivity (Wildman–Crippen MR) is 74.2 cm³/mol. The van der Waals surface area contributed by atoms with Gasteiger partial charge in [0, 0.05) is 5.54 Å². The van der Waals surface area contributed by atoms with E-state index in [-0.39, 0.29) is 11.4 Å². The number of rotatable bonds is 9. The highest BCUT2D eigenvalue weighted by molar-refractivity contribution is 5.78. The van der Waals surface area contributed by atoms with Gasteiger partial charge < -0.3 is 5.32 Å². The highest BCUT2D eigenvalue weighted by Crippen LogP contribution is 2.13. The van der Waals surface area contributed by atoms with E-state index >= 15 is 0 Å². The zero-order chi connectivity index (χ0) is 13.3. The summed E-state index contributed by atoms with van der Waals surface area (Å²) >= 11 is 0. The number of nitrogens with zero attached hydrogens (tertiary/aromatic N) is 1. The van der Waals surface area contributed by atoms with Crippen molar-refractivity contribution in [1.29, 1.82) is 0 Å². The molecule has 0 aromatic heterocycles. The molecule has 0 aliphatic heterocycles. The smallest absolute Gasteiger partial charge is 0.234 e. The quantitative estimate of drug-likeness (QED) is 0.631. The molecule has 0 fully saturated rings. The fourth-order valence-corrected chi connectivity index (χ4v) is 1.95. The molecule has 0 radical (unpaired) electrons. The van der Waals surface area contributed by atoms with Crippen LogP contribution in [0.4, 0.5) is 0 Å². The third-order valence-electron chi connectivity index (χ3n) is 3.14. The van der Waals surface area contributed by atoms with Crippen LogP contribution in [0.5, 0.6) is 0 Å². The van der Waals surface area contributed by atoms with Crippen LogP contribution in [-0.2, 0) is 4.79 Å². The Morgan fingerprint density at radius 1 is 1.12 bits per heavy atom. The van der Waals surface area contributed by atoms with Gasteiger partial charge in [-0.1, -0.05) is 40.0 Å². The van der Waals surface area contributed by atoms with Crippen LogP contribution < -0.4 is 5.32 Å². The maximum Gasteiger partial charge on any atom is 0.234 e. The van der Waals surface area contributed by atoms with Crippen LogP contribution in [0.1, 0.15) is 60.3 Å². The van der Waals surface area contributed by atoms with Crippen molar-refractivity contribution in [2.75, 3.05) is 19.6 Å². The Labute approximate surface area is 107 Å². The van der Waals surface area contributed by atoms with Gasteiger partial charge in [-0.2, -0.15) is 0 Å². The van der Waals surface area contributed by atoms with Crippen LogP contribution in [0.15, 0.2) is 0 Å². The van der Waals surface area contributed by atoms with Crippen LogP contribution in [0, 0.1) is 0 Å². The Morgan fingerprint density at radius 3 is 2.18 bits per heavy atom. The highest BCUT2D eigenvalue weighted by Gasteiger charge is 2.20. The van der Waals surface area contributed by atoms with Crippen LogP contribution in [0.25, 0.3) is 0 Å². The second kappa shape index (κ2) is 8.51. The largest absolute Gasteiger partial charge is 0.350 e. The molecule has 0 aliphatic carbocycles. The summed E-state index contributed by atoms with van der Waals surface area (Å²) in [5, 5.41) is 3.13. The van der Waals surface area contributed by atoms with E-state index in [9.17, 15) is 4.79 Å². The summed E-state index contributed by atoms with van der Waals surface area (Å²) < 4.78 is 0. The molecule has 1 N–H and O–H groups in total. The van der Waals surface area contributed by atoms with Crippen molar-refractivity contribution in [3.63, 3.8) is 0 Å². The molecule has 0 atom stereocenters. The molecule has 0 rings (SSSR count). The zero-order valence-electron chi connectivity index (χ0n) is 12.3. The number of carbonyl (C=O) groups is 1. The summed E-state index contributed by atoms with van der Waals surface area (Å²) in [6.45, 7) is 13.0. The van der Waals surface area contributed by atoms with E-state index in [0.717, 1.165) is 19.5 Å². The van der Waals surface area contributed by atoms with E-state index in [4.69, 9.17) is 0 Å². The SMILES string of the molecule is CCCCCC(C)(C)NC(=O)CN(CC)CC. The van der Waals surface area contributed by atoms with Gasteiger partial charge in [-0.25, -0.2) is 0 Å². The summed E-state index contributed by atoms with van der Waals surface area (Å²) in [5.41, 5.74) is -0.0700. The van der Waals surface area contributed by atoms with E-state index in [1.165, 1.54) is 19.3 Å².